The highest BCUT2D eigenvalue weighted by molar-refractivity contribution is 5.37. The van der Waals surface area contributed by atoms with Gasteiger partial charge < -0.3 is 15.0 Å². The molecule has 0 atom stereocenters. The Bertz CT molecular complexity index is 400. The van der Waals surface area contributed by atoms with E-state index < -0.39 is 0 Å². The molecule has 3 heteroatoms. The van der Waals surface area contributed by atoms with Crippen LogP contribution in [0.3, 0.4) is 0 Å². The first-order chi connectivity index (χ1) is 9.83. The second-order valence-electron chi connectivity index (χ2n) is 5.42. The Balaban J connectivity index is 1.89. The van der Waals surface area contributed by atoms with Crippen LogP contribution in [0.15, 0.2) is 18.2 Å². The minimum atomic E-state index is 0.746. The Morgan fingerprint density at radius 1 is 1.20 bits per heavy atom. The van der Waals surface area contributed by atoms with Gasteiger partial charge in [0.25, 0.3) is 0 Å². The van der Waals surface area contributed by atoms with Crippen molar-refractivity contribution in [2.75, 3.05) is 39.3 Å². The van der Waals surface area contributed by atoms with Crippen LogP contribution in [-0.2, 0) is 12.8 Å². The van der Waals surface area contributed by atoms with Crippen molar-refractivity contribution >= 4 is 0 Å². The molecule has 20 heavy (non-hydrogen) atoms. The molecule has 112 valence electrons. The third kappa shape index (κ3) is 4.50. The summed E-state index contributed by atoms with van der Waals surface area (Å²) in [6.07, 6.45) is 3.43. The number of rotatable bonds is 7. The molecule has 1 aromatic carbocycles. The first-order valence-corrected chi connectivity index (χ1v) is 8.01. The smallest absolute Gasteiger partial charge is 0.122 e. The monoisotopic (exact) mass is 276 g/mol. The zero-order valence-corrected chi connectivity index (χ0v) is 13.0. The van der Waals surface area contributed by atoms with E-state index in [0.29, 0.717) is 0 Å². The zero-order chi connectivity index (χ0) is 14.2. The van der Waals surface area contributed by atoms with Crippen LogP contribution in [-0.4, -0.2) is 44.2 Å². The first kappa shape index (κ1) is 15.3. The maximum atomic E-state index is 5.76. The first-order valence-electron chi connectivity index (χ1n) is 8.01. The predicted molar refractivity (Wildman–Crippen MR) is 84.6 cm³/mol. The van der Waals surface area contributed by atoms with E-state index in [1.54, 1.807) is 0 Å². The van der Waals surface area contributed by atoms with Gasteiger partial charge in [0.15, 0.2) is 0 Å². The van der Waals surface area contributed by atoms with Gasteiger partial charge >= 0.3 is 0 Å². The van der Waals surface area contributed by atoms with Crippen molar-refractivity contribution in [3.05, 3.63) is 29.3 Å². The zero-order valence-electron chi connectivity index (χ0n) is 13.0. The number of aryl methyl sites for hydroxylation is 2. The van der Waals surface area contributed by atoms with Crippen molar-refractivity contribution < 1.29 is 4.74 Å². The van der Waals surface area contributed by atoms with E-state index in [1.807, 2.05) is 0 Å². The lowest BCUT2D eigenvalue weighted by Crippen LogP contribution is -2.43. The van der Waals surface area contributed by atoms with Gasteiger partial charge in [0, 0.05) is 26.2 Å². The molecule has 1 aromatic rings. The summed E-state index contributed by atoms with van der Waals surface area (Å²) in [5.41, 5.74) is 2.78. The third-order valence-electron chi connectivity index (χ3n) is 3.96. The Morgan fingerprint density at radius 3 is 2.70 bits per heavy atom. The Hall–Kier alpha value is -1.06. The Morgan fingerprint density at radius 2 is 2.00 bits per heavy atom. The molecule has 2 rings (SSSR count). The molecule has 3 nitrogen and oxygen atoms in total. The highest BCUT2D eigenvalue weighted by Gasteiger charge is 2.10. The van der Waals surface area contributed by atoms with Gasteiger partial charge in [-0.1, -0.05) is 19.1 Å². The highest BCUT2D eigenvalue weighted by Crippen LogP contribution is 2.22. The second-order valence-corrected chi connectivity index (χ2v) is 5.42. The number of ether oxygens (including phenoxy) is 1. The third-order valence-corrected chi connectivity index (χ3v) is 3.96. The van der Waals surface area contributed by atoms with E-state index >= 15 is 0 Å². The van der Waals surface area contributed by atoms with Gasteiger partial charge in [-0.25, -0.2) is 0 Å². The van der Waals surface area contributed by atoms with Crippen LogP contribution in [0, 0.1) is 0 Å². The van der Waals surface area contributed by atoms with Gasteiger partial charge in [0.05, 0.1) is 6.61 Å². The number of hydrogen-bond acceptors (Lipinski definition) is 3. The maximum Gasteiger partial charge on any atom is 0.122 e. The van der Waals surface area contributed by atoms with E-state index in [0.717, 1.165) is 38.3 Å². The van der Waals surface area contributed by atoms with Crippen molar-refractivity contribution in [2.45, 2.75) is 33.1 Å². The molecule has 1 N–H and O–H groups in total. The van der Waals surface area contributed by atoms with Gasteiger partial charge in [0.1, 0.15) is 5.75 Å². The number of nitrogens with zero attached hydrogens (tertiary/aromatic N) is 1. The van der Waals surface area contributed by atoms with Crippen molar-refractivity contribution in [3.8, 4) is 5.75 Å². The molecular formula is C17H28N2O. The van der Waals surface area contributed by atoms with Crippen molar-refractivity contribution in [1.29, 1.82) is 0 Å². The van der Waals surface area contributed by atoms with Crippen molar-refractivity contribution in [1.82, 2.24) is 10.2 Å². The molecule has 0 spiro atoms. The summed E-state index contributed by atoms with van der Waals surface area (Å²) in [6.45, 7) is 10.9. The topological polar surface area (TPSA) is 24.5 Å². The average molecular weight is 276 g/mol. The normalized spacial score (nSPS) is 16.3. The van der Waals surface area contributed by atoms with Crippen LogP contribution in [0.1, 0.15) is 31.4 Å². The molecule has 1 saturated heterocycles. The average Bonchev–Trinajstić information content (AvgIpc) is 2.50. The van der Waals surface area contributed by atoms with E-state index in [9.17, 15) is 0 Å². The van der Waals surface area contributed by atoms with E-state index in [4.69, 9.17) is 4.74 Å². The number of hydrogen-bond donors (Lipinski definition) is 1. The molecule has 0 saturated carbocycles. The van der Waals surface area contributed by atoms with Crippen LogP contribution >= 0.6 is 0 Å². The van der Waals surface area contributed by atoms with Gasteiger partial charge in [-0.15, -0.1) is 0 Å². The summed E-state index contributed by atoms with van der Waals surface area (Å²) in [6, 6.07) is 6.65. The predicted octanol–water partition coefficient (Wildman–Crippen LogP) is 2.49. The Labute approximate surface area is 123 Å². The SMILES string of the molecule is CCOc1ccc(CC)cc1CCCN1CCNCC1. The number of nitrogens with one attached hydrogen (secondary N) is 1. The molecule has 1 fully saturated rings. The second kappa shape index (κ2) is 8.28. The minimum absolute atomic E-state index is 0.746. The van der Waals surface area contributed by atoms with Crippen LogP contribution in [0.25, 0.3) is 0 Å². The van der Waals surface area contributed by atoms with E-state index in [-0.39, 0.29) is 0 Å². The van der Waals surface area contributed by atoms with Gasteiger partial charge in [-0.2, -0.15) is 0 Å². The van der Waals surface area contributed by atoms with Crippen LogP contribution in [0.5, 0.6) is 5.75 Å². The van der Waals surface area contributed by atoms with Crippen LogP contribution in [0.2, 0.25) is 0 Å². The van der Waals surface area contributed by atoms with Gasteiger partial charge in [-0.05, 0) is 49.9 Å². The summed E-state index contributed by atoms with van der Waals surface area (Å²) in [4.78, 5) is 2.56. The largest absolute Gasteiger partial charge is 0.494 e. The van der Waals surface area contributed by atoms with E-state index in [2.05, 4.69) is 42.3 Å². The number of piperazine rings is 1. The molecule has 0 radical (unpaired) electrons. The fourth-order valence-electron chi connectivity index (χ4n) is 2.77. The summed E-state index contributed by atoms with van der Waals surface area (Å²) < 4.78 is 5.76. The standard InChI is InChI=1S/C17H28N2O/c1-3-15-7-8-17(20-4-2)16(14-15)6-5-11-19-12-9-18-10-13-19/h7-8,14,18H,3-6,9-13H2,1-2H3. The lowest BCUT2D eigenvalue weighted by Gasteiger charge is -2.27. The van der Waals surface area contributed by atoms with Crippen molar-refractivity contribution in [3.63, 3.8) is 0 Å². The lowest BCUT2D eigenvalue weighted by molar-refractivity contribution is 0.238. The molecule has 1 heterocycles. The fraction of sp³-hybridized carbons (Fsp3) is 0.647. The highest BCUT2D eigenvalue weighted by atomic mass is 16.5. The van der Waals surface area contributed by atoms with E-state index in [1.165, 1.54) is 37.2 Å². The molecular weight excluding hydrogens is 248 g/mol. The van der Waals surface area contributed by atoms with Crippen LogP contribution in [0.4, 0.5) is 0 Å². The minimum Gasteiger partial charge on any atom is -0.494 e. The quantitative estimate of drug-likeness (QED) is 0.828. The van der Waals surface area contributed by atoms with Crippen LogP contribution < -0.4 is 10.1 Å². The summed E-state index contributed by atoms with van der Waals surface area (Å²) in [5.74, 6) is 1.07. The molecule has 0 aliphatic carbocycles. The summed E-state index contributed by atoms with van der Waals surface area (Å²) in [7, 11) is 0. The van der Waals surface area contributed by atoms with Gasteiger partial charge in [0.2, 0.25) is 0 Å². The summed E-state index contributed by atoms with van der Waals surface area (Å²) >= 11 is 0. The molecule has 0 bridgehead atoms. The molecule has 0 amide bonds. The Kier molecular flexibility index (Phi) is 6.34. The van der Waals surface area contributed by atoms with Crippen molar-refractivity contribution in [2.24, 2.45) is 0 Å². The molecule has 1 aliphatic rings. The molecule has 0 aromatic heterocycles. The molecule has 0 unspecified atom stereocenters. The van der Waals surface area contributed by atoms with Gasteiger partial charge in [-0.3, -0.25) is 0 Å². The maximum absolute atomic E-state index is 5.76. The molecule has 1 aliphatic heterocycles. The lowest BCUT2D eigenvalue weighted by atomic mass is 10.0. The number of benzene rings is 1. The summed E-state index contributed by atoms with van der Waals surface area (Å²) in [5, 5.41) is 3.40. The fourth-order valence-corrected chi connectivity index (χ4v) is 2.77.